The Morgan fingerprint density at radius 2 is 1.56 bits per heavy atom. The van der Waals surface area contributed by atoms with Crippen molar-refractivity contribution < 1.29 is 19.1 Å². The first-order chi connectivity index (χ1) is 12.7. The van der Waals surface area contributed by atoms with Crippen LogP contribution in [0, 0.1) is 6.92 Å². The van der Waals surface area contributed by atoms with Gasteiger partial charge in [0.05, 0.1) is 0 Å². The van der Waals surface area contributed by atoms with Crippen LogP contribution >= 0.6 is 0 Å². The minimum atomic E-state index is -0.532. The molecule has 148 valence electrons. The Hall–Kier alpha value is -2.57. The molecule has 27 heavy (non-hydrogen) atoms. The van der Waals surface area contributed by atoms with Gasteiger partial charge in [0.1, 0.15) is 5.60 Å². The number of rotatable bonds is 4. The fourth-order valence-electron chi connectivity index (χ4n) is 2.70. The van der Waals surface area contributed by atoms with Crippen molar-refractivity contribution in [1.82, 2.24) is 15.1 Å². The molecule has 0 aliphatic carbocycles. The van der Waals surface area contributed by atoms with Crippen LogP contribution in [0.5, 0.6) is 0 Å². The topological polar surface area (TPSA) is 79.0 Å². The average Bonchev–Trinajstić information content (AvgIpc) is 2.60. The smallest absolute Gasteiger partial charge is 0.410 e. The second kappa shape index (κ2) is 8.88. The van der Waals surface area contributed by atoms with E-state index in [1.54, 1.807) is 21.9 Å². The lowest BCUT2D eigenvalue weighted by Crippen LogP contribution is -2.54. The lowest BCUT2D eigenvalue weighted by molar-refractivity contribution is 0.0170. The Kier molecular flexibility index (Phi) is 6.82. The van der Waals surface area contributed by atoms with Crippen LogP contribution < -0.4 is 5.32 Å². The molecule has 0 spiro atoms. The number of ketones is 1. The monoisotopic (exact) mass is 375 g/mol. The molecular weight excluding hydrogens is 346 g/mol. The lowest BCUT2D eigenvalue weighted by atomic mass is 10.1. The number of nitrogens with one attached hydrogen (secondary N) is 1. The summed E-state index contributed by atoms with van der Waals surface area (Å²) in [7, 11) is 0. The summed E-state index contributed by atoms with van der Waals surface area (Å²) in [6.07, 6.45) is -0.0987. The molecule has 0 saturated carbocycles. The van der Waals surface area contributed by atoms with E-state index in [4.69, 9.17) is 4.74 Å². The zero-order valence-corrected chi connectivity index (χ0v) is 16.6. The molecule has 0 bridgehead atoms. The van der Waals surface area contributed by atoms with Crippen LogP contribution in [0.3, 0.4) is 0 Å². The average molecular weight is 375 g/mol. The molecule has 0 unspecified atom stereocenters. The predicted molar refractivity (Wildman–Crippen MR) is 103 cm³/mol. The second-order valence-electron chi connectivity index (χ2n) is 7.73. The Labute approximate surface area is 160 Å². The minimum Gasteiger partial charge on any atom is -0.444 e. The number of hydrogen-bond acceptors (Lipinski definition) is 4. The molecule has 0 aromatic heterocycles. The molecule has 7 heteroatoms. The maximum absolute atomic E-state index is 12.2. The number of piperazine rings is 1. The first-order valence-electron chi connectivity index (χ1n) is 9.26. The van der Waals surface area contributed by atoms with E-state index in [9.17, 15) is 14.4 Å². The maximum Gasteiger partial charge on any atom is 0.410 e. The number of benzene rings is 1. The summed E-state index contributed by atoms with van der Waals surface area (Å²) in [5.41, 5.74) is 1.22. The fourth-order valence-corrected chi connectivity index (χ4v) is 2.70. The van der Waals surface area contributed by atoms with Crippen molar-refractivity contribution in [3.63, 3.8) is 0 Å². The van der Waals surface area contributed by atoms with Gasteiger partial charge in [-0.15, -0.1) is 0 Å². The molecule has 2 rings (SSSR count). The summed E-state index contributed by atoms with van der Waals surface area (Å²) < 4.78 is 5.34. The van der Waals surface area contributed by atoms with Crippen LogP contribution in [-0.4, -0.2) is 66.0 Å². The van der Waals surface area contributed by atoms with Gasteiger partial charge in [-0.1, -0.05) is 29.8 Å². The molecule has 7 nitrogen and oxygen atoms in total. The third-order valence-corrected chi connectivity index (χ3v) is 4.22. The standard InChI is InChI=1S/C20H29N3O4/c1-15-5-7-16(8-6-15)17(24)9-10-21-18(25)22-11-13-23(14-12-22)19(26)27-20(2,3)4/h5-8H,9-14H2,1-4H3,(H,21,25). The van der Waals surface area contributed by atoms with Gasteiger partial charge in [0.15, 0.2) is 5.78 Å². The van der Waals surface area contributed by atoms with Crippen molar-refractivity contribution in [2.45, 2.75) is 39.7 Å². The van der Waals surface area contributed by atoms with Crippen molar-refractivity contribution in [1.29, 1.82) is 0 Å². The van der Waals surface area contributed by atoms with Gasteiger partial charge in [-0.3, -0.25) is 4.79 Å². The first kappa shape index (κ1) is 20.7. The number of aryl methyl sites for hydroxylation is 1. The Morgan fingerprint density at radius 3 is 2.11 bits per heavy atom. The summed E-state index contributed by atoms with van der Waals surface area (Å²) in [5.74, 6) is 0.00467. The van der Waals surface area contributed by atoms with E-state index in [1.165, 1.54) is 0 Å². The third kappa shape index (κ3) is 6.58. The molecular formula is C20H29N3O4. The number of hydrogen-bond donors (Lipinski definition) is 1. The van der Waals surface area contributed by atoms with Crippen LogP contribution in [-0.2, 0) is 4.74 Å². The molecule has 1 aromatic carbocycles. The predicted octanol–water partition coefficient (Wildman–Crippen LogP) is 2.83. The second-order valence-corrected chi connectivity index (χ2v) is 7.73. The van der Waals surface area contributed by atoms with Gasteiger partial charge in [0.2, 0.25) is 0 Å². The molecule has 1 saturated heterocycles. The van der Waals surface area contributed by atoms with Crippen LogP contribution in [0.2, 0.25) is 0 Å². The highest BCUT2D eigenvalue weighted by atomic mass is 16.6. The molecule has 3 amide bonds. The molecule has 1 N–H and O–H groups in total. The van der Waals surface area contributed by atoms with E-state index in [-0.39, 0.29) is 30.9 Å². The number of Topliss-reactive ketones (excluding diaryl/α,β-unsaturated/α-hetero) is 1. The molecule has 0 radical (unpaired) electrons. The summed E-state index contributed by atoms with van der Waals surface area (Å²) in [6, 6.07) is 7.19. The first-order valence-corrected chi connectivity index (χ1v) is 9.26. The third-order valence-electron chi connectivity index (χ3n) is 4.22. The molecule has 1 aromatic rings. The summed E-state index contributed by atoms with van der Waals surface area (Å²) in [5, 5.41) is 2.78. The van der Waals surface area contributed by atoms with E-state index in [0.29, 0.717) is 31.7 Å². The maximum atomic E-state index is 12.2. The van der Waals surface area contributed by atoms with Gasteiger partial charge in [-0.05, 0) is 27.7 Å². The number of carbonyl (C=O) groups excluding carboxylic acids is 3. The summed E-state index contributed by atoms with van der Waals surface area (Å²) >= 11 is 0. The highest BCUT2D eigenvalue weighted by Crippen LogP contribution is 2.12. The van der Waals surface area contributed by atoms with Gasteiger partial charge in [-0.2, -0.15) is 0 Å². The lowest BCUT2D eigenvalue weighted by Gasteiger charge is -2.35. The van der Waals surface area contributed by atoms with Crippen molar-refractivity contribution in [2.75, 3.05) is 32.7 Å². The minimum absolute atomic E-state index is 0.00467. The van der Waals surface area contributed by atoms with Gasteiger partial charge >= 0.3 is 12.1 Å². The Morgan fingerprint density at radius 1 is 1.00 bits per heavy atom. The number of amides is 3. The van der Waals surface area contributed by atoms with Crippen molar-refractivity contribution >= 4 is 17.9 Å². The zero-order valence-electron chi connectivity index (χ0n) is 16.6. The molecule has 1 aliphatic heterocycles. The summed E-state index contributed by atoms with van der Waals surface area (Å²) in [6.45, 7) is 9.49. The van der Waals surface area contributed by atoms with Crippen molar-refractivity contribution in [3.8, 4) is 0 Å². The SMILES string of the molecule is Cc1ccc(C(=O)CCNC(=O)N2CCN(C(=O)OC(C)(C)C)CC2)cc1. The normalized spacial score (nSPS) is 14.7. The molecule has 1 aliphatic rings. The molecule has 1 heterocycles. The van der Waals surface area contributed by atoms with Gasteiger partial charge in [-0.25, -0.2) is 9.59 Å². The number of ether oxygens (including phenoxy) is 1. The van der Waals surface area contributed by atoms with Gasteiger partial charge < -0.3 is 19.9 Å². The van der Waals surface area contributed by atoms with Crippen molar-refractivity contribution in [3.05, 3.63) is 35.4 Å². The summed E-state index contributed by atoms with van der Waals surface area (Å²) in [4.78, 5) is 39.7. The van der Waals surface area contributed by atoms with Crippen LogP contribution in [0.15, 0.2) is 24.3 Å². The van der Waals surface area contributed by atoms with E-state index < -0.39 is 5.60 Å². The van der Waals surface area contributed by atoms with Crippen molar-refractivity contribution in [2.24, 2.45) is 0 Å². The number of carbonyl (C=O) groups is 3. The highest BCUT2D eigenvalue weighted by molar-refractivity contribution is 5.96. The zero-order chi connectivity index (χ0) is 20.0. The highest BCUT2D eigenvalue weighted by Gasteiger charge is 2.27. The number of nitrogens with zero attached hydrogens (tertiary/aromatic N) is 2. The van der Waals surface area contributed by atoms with E-state index >= 15 is 0 Å². The number of urea groups is 1. The van der Waals surface area contributed by atoms with Crippen LogP contribution in [0.1, 0.15) is 43.1 Å². The Balaban J connectivity index is 1.71. The van der Waals surface area contributed by atoms with Crippen LogP contribution in [0.25, 0.3) is 0 Å². The fraction of sp³-hybridized carbons (Fsp3) is 0.550. The van der Waals surface area contributed by atoms with Crippen LogP contribution in [0.4, 0.5) is 9.59 Å². The van der Waals surface area contributed by atoms with Gasteiger partial charge in [0, 0.05) is 44.7 Å². The van der Waals surface area contributed by atoms with E-state index in [2.05, 4.69) is 5.32 Å². The van der Waals surface area contributed by atoms with E-state index in [0.717, 1.165) is 5.56 Å². The van der Waals surface area contributed by atoms with E-state index in [1.807, 2.05) is 39.8 Å². The Bertz CT molecular complexity index is 671. The molecule has 1 fully saturated rings. The largest absolute Gasteiger partial charge is 0.444 e. The molecule has 0 atom stereocenters. The quantitative estimate of drug-likeness (QED) is 0.821. The van der Waals surface area contributed by atoms with Gasteiger partial charge in [0.25, 0.3) is 0 Å².